The molecule has 18 heavy (non-hydrogen) atoms. The number of benzene rings is 2. The molecular formula is C15H14O3. The van der Waals surface area contributed by atoms with Gasteiger partial charge in [0.15, 0.2) is 0 Å². The number of phenols is 2. The van der Waals surface area contributed by atoms with Gasteiger partial charge in [0.05, 0.1) is 12.7 Å². The van der Waals surface area contributed by atoms with E-state index in [1.807, 2.05) is 24.3 Å². The molecule has 2 aromatic carbocycles. The first-order chi connectivity index (χ1) is 8.74. The van der Waals surface area contributed by atoms with Crippen molar-refractivity contribution in [3.63, 3.8) is 0 Å². The first-order valence-corrected chi connectivity index (χ1v) is 5.93. The van der Waals surface area contributed by atoms with Crippen LogP contribution in [0, 0.1) is 0 Å². The summed E-state index contributed by atoms with van der Waals surface area (Å²) in [5.41, 5.74) is 2.22. The maximum absolute atomic E-state index is 9.34. The molecule has 0 amide bonds. The van der Waals surface area contributed by atoms with Crippen LogP contribution in [0.2, 0.25) is 0 Å². The third-order valence-electron chi connectivity index (χ3n) is 3.24. The van der Waals surface area contributed by atoms with Gasteiger partial charge in [-0.05, 0) is 35.4 Å². The monoisotopic (exact) mass is 242 g/mol. The Hall–Kier alpha value is -2.00. The van der Waals surface area contributed by atoms with Crippen LogP contribution in [0.3, 0.4) is 0 Å². The Morgan fingerprint density at radius 3 is 1.56 bits per heavy atom. The molecule has 1 aliphatic heterocycles. The van der Waals surface area contributed by atoms with E-state index in [2.05, 4.69) is 0 Å². The van der Waals surface area contributed by atoms with Crippen molar-refractivity contribution in [2.75, 3.05) is 6.61 Å². The maximum atomic E-state index is 9.34. The summed E-state index contributed by atoms with van der Waals surface area (Å²) in [4.78, 5) is 0. The van der Waals surface area contributed by atoms with Crippen molar-refractivity contribution in [3.8, 4) is 11.5 Å². The summed E-state index contributed by atoms with van der Waals surface area (Å²) in [6, 6.07) is 14.4. The molecule has 1 fully saturated rings. The fourth-order valence-electron chi connectivity index (χ4n) is 2.23. The van der Waals surface area contributed by atoms with Gasteiger partial charge in [-0.1, -0.05) is 24.3 Å². The third kappa shape index (κ3) is 2.17. The van der Waals surface area contributed by atoms with Gasteiger partial charge in [-0.2, -0.15) is 0 Å². The summed E-state index contributed by atoms with van der Waals surface area (Å²) >= 11 is 0. The molecule has 1 heterocycles. The smallest absolute Gasteiger partial charge is 0.115 e. The summed E-state index contributed by atoms with van der Waals surface area (Å²) in [6.45, 7) is 0.756. The number of aromatic hydroxyl groups is 2. The van der Waals surface area contributed by atoms with E-state index in [9.17, 15) is 10.2 Å². The number of rotatable bonds is 3. The maximum Gasteiger partial charge on any atom is 0.115 e. The zero-order valence-electron chi connectivity index (χ0n) is 9.78. The molecule has 1 saturated heterocycles. The summed E-state index contributed by atoms with van der Waals surface area (Å²) in [7, 11) is 0. The second kappa shape index (κ2) is 4.35. The lowest BCUT2D eigenvalue weighted by atomic mass is 9.88. The molecule has 1 atom stereocenters. The largest absolute Gasteiger partial charge is 0.508 e. The predicted octanol–water partition coefficient (Wildman–Crippen LogP) is 2.63. The Kier molecular flexibility index (Phi) is 2.68. The fourth-order valence-corrected chi connectivity index (χ4v) is 2.23. The van der Waals surface area contributed by atoms with Crippen molar-refractivity contribution in [2.24, 2.45) is 0 Å². The lowest BCUT2D eigenvalue weighted by molar-refractivity contribution is 0.389. The van der Waals surface area contributed by atoms with Crippen LogP contribution in [0.1, 0.15) is 17.0 Å². The van der Waals surface area contributed by atoms with Gasteiger partial charge in [-0.25, -0.2) is 0 Å². The van der Waals surface area contributed by atoms with Crippen molar-refractivity contribution >= 4 is 0 Å². The van der Waals surface area contributed by atoms with Crippen LogP contribution in [0.5, 0.6) is 11.5 Å². The molecule has 0 saturated carbocycles. The van der Waals surface area contributed by atoms with Crippen molar-refractivity contribution in [1.29, 1.82) is 0 Å². The summed E-state index contributed by atoms with van der Waals surface area (Å²) in [5, 5.41) is 18.7. The van der Waals surface area contributed by atoms with Gasteiger partial charge in [0.2, 0.25) is 0 Å². The highest BCUT2D eigenvalue weighted by Crippen LogP contribution is 2.36. The van der Waals surface area contributed by atoms with E-state index in [-0.39, 0.29) is 23.5 Å². The minimum absolute atomic E-state index is 0.159. The Bertz CT molecular complexity index is 481. The molecule has 3 heteroatoms. The average Bonchev–Trinajstić information content (AvgIpc) is 3.19. The van der Waals surface area contributed by atoms with Crippen molar-refractivity contribution < 1.29 is 14.9 Å². The predicted molar refractivity (Wildman–Crippen MR) is 67.8 cm³/mol. The number of phenolic OH excluding ortho intramolecular Hbond substituents is 2. The van der Waals surface area contributed by atoms with Crippen molar-refractivity contribution in [1.82, 2.24) is 0 Å². The van der Waals surface area contributed by atoms with Gasteiger partial charge in [0.25, 0.3) is 0 Å². The van der Waals surface area contributed by atoms with Gasteiger partial charge in [0.1, 0.15) is 11.5 Å². The van der Waals surface area contributed by atoms with Crippen LogP contribution in [-0.4, -0.2) is 22.9 Å². The molecule has 0 aromatic heterocycles. The van der Waals surface area contributed by atoms with Crippen LogP contribution in [-0.2, 0) is 4.74 Å². The highest BCUT2D eigenvalue weighted by atomic mass is 16.6. The van der Waals surface area contributed by atoms with Gasteiger partial charge >= 0.3 is 0 Å². The number of hydrogen-bond donors (Lipinski definition) is 2. The first-order valence-electron chi connectivity index (χ1n) is 5.93. The Balaban J connectivity index is 1.97. The van der Waals surface area contributed by atoms with Gasteiger partial charge in [-0.3, -0.25) is 0 Å². The van der Waals surface area contributed by atoms with E-state index < -0.39 is 0 Å². The minimum Gasteiger partial charge on any atom is -0.508 e. The van der Waals surface area contributed by atoms with Crippen LogP contribution in [0.15, 0.2) is 48.5 Å². The van der Waals surface area contributed by atoms with Gasteiger partial charge < -0.3 is 14.9 Å². The quantitative estimate of drug-likeness (QED) is 0.813. The zero-order chi connectivity index (χ0) is 12.5. The number of hydrogen-bond acceptors (Lipinski definition) is 3. The van der Waals surface area contributed by atoms with Crippen LogP contribution in [0.4, 0.5) is 0 Å². The molecule has 0 spiro atoms. The minimum atomic E-state index is 0.159. The first kappa shape index (κ1) is 11.1. The van der Waals surface area contributed by atoms with E-state index in [1.165, 1.54) is 0 Å². The zero-order valence-corrected chi connectivity index (χ0v) is 9.78. The second-order valence-corrected chi connectivity index (χ2v) is 4.53. The molecule has 1 aliphatic rings. The second-order valence-electron chi connectivity index (χ2n) is 4.53. The lowest BCUT2D eigenvalue weighted by Crippen LogP contribution is -2.07. The molecule has 3 nitrogen and oxygen atoms in total. The third-order valence-corrected chi connectivity index (χ3v) is 3.24. The van der Waals surface area contributed by atoms with Crippen molar-refractivity contribution in [3.05, 3.63) is 59.7 Å². The summed E-state index contributed by atoms with van der Waals surface area (Å²) in [6.07, 6.45) is 0.194. The highest BCUT2D eigenvalue weighted by molar-refractivity contribution is 5.39. The van der Waals surface area contributed by atoms with E-state index in [0.29, 0.717) is 0 Å². The molecular weight excluding hydrogens is 228 g/mol. The molecule has 3 rings (SSSR count). The van der Waals surface area contributed by atoms with Crippen LogP contribution >= 0.6 is 0 Å². The number of epoxide rings is 1. The summed E-state index contributed by atoms with van der Waals surface area (Å²) < 4.78 is 5.41. The van der Waals surface area contributed by atoms with E-state index >= 15 is 0 Å². The molecule has 2 aromatic rings. The molecule has 0 radical (unpaired) electrons. The Labute approximate surface area is 105 Å². The lowest BCUT2D eigenvalue weighted by Gasteiger charge is -2.15. The molecule has 92 valence electrons. The van der Waals surface area contributed by atoms with E-state index in [4.69, 9.17) is 4.74 Å². The SMILES string of the molecule is Oc1ccc(C(c2ccc(O)cc2)C2CO2)cc1. The highest BCUT2D eigenvalue weighted by Gasteiger charge is 2.34. The van der Waals surface area contributed by atoms with Gasteiger partial charge in [-0.15, -0.1) is 0 Å². The van der Waals surface area contributed by atoms with Gasteiger partial charge in [0, 0.05) is 5.92 Å². The topological polar surface area (TPSA) is 53.0 Å². The van der Waals surface area contributed by atoms with E-state index in [1.54, 1.807) is 24.3 Å². The summed E-state index contributed by atoms with van der Waals surface area (Å²) in [5.74, 6) is 0.686. The normalized spacial score (nSPS) is 17.9. The van der Waals surface area contributed by atoms with Crippen LogP contribution < -0.4 is 0 Å². The standard InChI is InChI=1S/C15H14O3/c16-12-5-1-10(2-6-12)15(14-9-18-14)11-3-7-13(17)8-4-11/h1-8,14-17H,9H2. The van der Waals surface area contributed by atoms with Crippen LogP contribution in [0.25, 0.3) is 0 Å². The molecule has 1 unspecified atom stereocenters. The molecule has 0 bridgehead atoms. The average molecular weight is 242 g/mol. The fraction of sp³-hybridized carbons (Fsp3) is 0.200. The Morgan fingerprint density at radius 1 is 0.833 bits per heavy atom. The van der Waals surface area contributed by atoms with Crippen molar-refractivity contribution in [2.45, 2.75) is 12.0 Å². The Morgan fingerprint density at radius 2 is 1.22 bits per heavy atom. The van der Waals surface area contributed by atoms with E-state index in [0.717, 1.165) is 17.7 Å². The molecule has 2 N–H and O–H groups in total. The number of ether oxygens (including phenoxy) is 1. The molecule has 0 aliphatic carbocycles.